The van der Waals surface area contributed by atoms with Crippen LogP contribution in [0, 0.1) is 6.92 Å². The largest absolute Gasteiger partial charge is 0.353 e. The van der Waals surface area contributed by atoms with Crippen molar-refractivity contribution in [2.75, 3.05) is 39.3 Å². The number of aryl methyl sites for hydroxylation is 1. The summed E-state index contributed by atoms with van der Waals surface area (Å²) in [4.78, 5) is 21.4. The van der Waals surface area contributed by atoms with Crippen molar-refractivity contribution in [2.24, 2.45) is 0 Å². The fourth-order valence-corrected chi connectivity index (χ4v) is 4.45. The van der Waals surface area contributed by atoms with E-state index in [2.05, 4.69) is 80.8 Å². The minimum absolute atomic E-state index is 0.0565. The lowest BCUT2D eigenvalue weighted by Crippen LogP contribution is -2.48. The summed E-state index contributed by atoms with van der Waals surface area (Å²) in [5.74, 6) is -0.0565. The van der Waals surface area contributed by atoms with Crippen molar-refractivity contribution in [3.05, 3.63) is 107 Å². The molecular weight excluding hydrogens is 420 g/mol. The smallest absolute Gasteiger partial charge is 0.244 e. The number of rotatable bonds is 9. The quantitative estimate of drug-likeness (QED) is 0.387. The van der Waals surface area contributed by atoms with Gasteiger partial charge in [-0.15, -0.1) is 0 Å². The maximum atomic E-state index is 12.1. The maximum Gasteiger partial charge on any atom is 0.244 e. The highest BCUT2D eigenvalue weighted by Gasteiger charge is 2.26. The Morgan fingerprint density at radius 3 is 2.18 bits per heavy atom. The number of benzene rings is 2. The van der Waals surface area contributed by atoms with Gasteiger partial charge in [-0.25, -0.2) is 0 Å². The third-order valence-electron chi connectivity index (χ3n) is 6.31. The van der Waals surface area contributed by atoms with Gasteiger partial charge in [-0.3, -0.25) is 14.7 Å². The van der Waals surface area contributed by atoms with Crippen LogP contribution in [0.15, 0.2) is 85.1 Å². The van der Waals surface area contributed by atoms with Crippen molar-refractivity contribution < 1.29 is 4.79 Å². The van der Waals surface area contributed by atoms with Crippen LogP contribution in [0.5, 0.6) is 0 Å². The van der Waals surface area contributed by atoms with E-state index >= 15 is 0 Å². The van der Waals surface area contributed by atoms with Crippen molar-refractivity contribution in [3.63, 3.8) is 0 Å². The number of nitrogens with zero attached hydrogens (tertiary/aromatic N) is 3. The van der Waals surface area contributed by atoms with Crippen LogP contribution in [0.4, 0.5) is 0 Å². The zero-order valence-corrected chi connectivity index (χ0v) is 19.9. The summed E-state index contributed by atoms with van der Waals surface area (Å²) >= 11 is 0. The third kappa shape index (κ3) is 6.86. The molecule has 1 aliphatic heterocycles. The first-order valence-electron chi connectivity index (χ1n) is 12.1. The minimum Gasteiger partial charge on any atom is -0.353 e. The number of pyridine rings is 1. The van der Waals surface area contributed by atoms with Gasteiger partial charge < -0.3 is 10.2 Å². The molecule has 0 aliphatic carbocycles. The molecule has 0 spiro atoms. The summed E-state index contributed by atoms with van der Waals surface area (Å²) in [7, 11) is 0. The van der Waals surface area contributed by atoms with Gasteiger partial charge >= 0.3 is 0 Å². The molecule has 3 aromatic rings. The van der Waals surface area contributed by atoms with E-state index in [1.807, 2.05) is 19.1 Å². The summed E-state index contributed by atoms with van der Waals surface area (Å²) in [5.41, 5.74) is 4.60. The van der Waals surface area contributed by atoms with E-state index in [9.17, 15) is 4.79 Å². The molecule has 2 aromatic carbocycles. The van der Waals surface area contributed by atoms with Gasteiger partial charge in [0.05, 0.1) is 6.04 Å². The Kier molecular flexibility index (Phi) is 8.60. The molecule has 2 heterocycles. The van der Waals surface area contributed by atoms with Gasteiger partial charge in [0.1, 0.15) is 0 Å². The van der Waals surface area contributed by atoms with Gasteiger partial charge in [-0.1, -0.05) is 66.7 Å². The Morgan fingerprint density at radius 2 is 1.59 bits per heavy atom. The van der Waals surface area contributed by atoms with Crippen molar-refractivity contribution in [2.45, 2.75) is 19.4 Å². The normalized spacial score (nSPS) is 15.1. The monoisotopic (exact) mass is 454 g/mol. The first-order chi connectivity index (χ1) is 16.7. The molecule has 0 radical (unpaired) electrons. The number of aromatic nitrogens is 1. The molecule has 5 nitrogen and oxygen atoms in total. The molecule has 1 saturated heterocycles. The number of amides is 1. The molecule has 0 saturated carbocycles. The maximum absolute atomic E-state index is 12.1. The van der Waals surface area contributed by atoms with Crippen LogP contribution >= 0.6 is 0 Å². The molecule has 1 N–H and O–H groups in total. The van der Waals surface area contributed by atoms with Crippen LogP contribution in [0.3, 0.4) is 0 Å². The van der Waals surface area contributed by atoms with E-state index < -0.39 is 0 Å². The van der Waals surface area contributed by atoms with Crippen LogP contribution in [0.25, 0.3) is 6.08 Å². The summed E-state index contributed by atoms with van der Waals surface area (Å²) in [6.07, 6.45) is 6.11. The highest BCUT2D eigenvalue weighted by Crippen LogP contribution is 2.29. The van der Waals surface area contributed by atoms with Gasteiger partial charge in [0.15, 0.2) is 0 Å². The number of hydrogen-bond donors (Lipinski definition) is 1. The van der Waals surface area contributed by atoms with Gasteiger partial charge in [0.25, 0.3) is 0 Å². The van der Waals surface area contributed by atoms with Crippen molar-refractivity contribution in [3.8, 4) is 0 Å². The van der Waals surface area contributed by atoms with Crippen molar-refractivity contribution in [1.82, 2.24) is 20.1 Å². The summed E-state index contributed by atoms with van der Waals surface area (Å²) in [5, 5.41) is 2.99. The van der Waals surface area contributed by atoms with Crippen molar-refractivity contribution >= 4 is 12.0 Å². The number of carbonyl (C=O) groups is 1. The van der Waals surface area contributed by atoms with E-state index in [0.29, 0.717) is 12.6 Å². The van der Waals surface area contributed by atoms with Crippen LogP contribution < -0.4 is 5.32 Å². The highest BCUT2D eigenvalue weighted by atomic mass is 16.1. The van der Waals surface area contributed by atoms with Crippen LogP contribution in [-0.2, 0) is 4.79 Å². The lowest BCUT2D eigenvalue weighted by Gasteiger charge is -2.39. The molecule has 1 fully saturated rings. The second-order valence-electron chi connectivity index (χ2n) is 8.81. The number of hydrogen-bond acceptors (Lipinski definition) is 4. The number of piperazine rings is 1. The second-order valence-corrected chi connectivity index (χ2v) is 8.81. The number of carbonyl (C=O) groups excluding carboxylic acids is 1. The standard InChI is InChI=1S/C29H34N4O/c1-24-13-14-25(23-31-24)15-16-28(34)30-17-8-18-32-19-21-33(22-20-32)29(26-9-4-2-5-10-26)27-11-6-3-7-12-27/h2-7,9-16,23,29H,8,17-22H2,1H3,(H,30,34). The molecular formula is C29H34N4O. The molecule has 34 heavy (non-hydrogen) atoms. The third-order valence-corrected chi connectivity index (χ3v) is 6.31. The lowest BCUT2D eigenvalue weighted by atomic mass is 9.96. The van der Waals surface area contributed by atoms with Gasteiger partial charge in [-0.2, -0.15) is 0 Å². The molecule has 0 atom stereocenters. The Labute approximate surface area is 203 Å². The molecule has 1 aromatic heterocycles. The topological polar surface area (TPSA) is 48.5 Å². The van der Waals surface area contributed by atoms with E-state index in [1.54, 1.807) is 18.3 Å². The molecule has 1 amide bonds. The number of nitrogens with one attached hydrogen (secondary N) is 1. The molecule has 1 aliphatic rings. The fraction of sp³-hybridized carbons (Fsp3) is 0.310. The Bertz CT molecular complexity index is 1000. The van der Waals surface area contributed by atoms with Crippen LogP contribution in [-0.4, -0.2) is 60.0 Å². The average Bonchev–Trinajstić information content (AvgIpc) is 2.89. The van der Waals surface area contributed by atoms with Gasteiger partial charge in [-0.05, 0) is 48.7 Å². The van der Waals surface area contributed by atoms with Crippen molar-refractivity contribution in [1.29, 1.82) is 0 Å². The summed E-state index contributed by atoms with van der Waals surface area (Å²) < 4.78 is 0. The van der Waals surface area contributed by atoms with E-state index in [1.165, 1.54) is 11.1 Å². The fourth-order valence-electron chi connectivity index (χ4n) is 4.45. The molecule has 5 heteroatoms. The average molecular weight is 455 g/mol. The van der Waals surface area contributed by atoms with Gasteiger partial charge in [0.2, 0.25) is 5.91 Å². The minimum atomic E-state index is -0.0565. The van der Waals surface area contributed by atoms with E-state index in [0.717, 1.165) is 50.4 Å². The summed E-state index contributed by atoms with van der Waals surface area (Å²) in [6.45, 7) is 7.80. The highest BCUT2D eigenvalue weighted by molar-refractivity contribution is 5.91. The van der Waals surface area contributed by atoms with Crippen LogP contribution in [0.2, 0.25) is 0 Å². The van der Waals surface area contributed by atoms with Gasteiger partial charge in [0, 0.05) is 50.7 Å². The predicted octanol–water partition coefficient (Wildman–Crippen LogP) is 4.32. The molecule has 0 bridgehead atoms. The SMILES string of the molecule is Cc1ccc(C=CC(=O)NCCCN2CCN(C(c3ccccc3)c3ccccc3)CC2)cn1. The molecule has 176 valence electrons. The lowest BCUT2D eigenvalue weighted by molar-refractivity contribution is -0.116. The Balaban J connectivity index is 1.21. The van der Waals surface area contributed by atoms with E-state index in [-0.39, 0.29) is 5.91 Å². The first kappa shape index (κ1) is 23.9. The zero-order chi connectivity index (χ0) is 23.6. The first-order valence-corrected chi connectivity index (χ1v) is 12.1. The zero-order valence-electron chi connectivity index (χ0n) is 19.9. The van der Waals surface area contributed by atoms with Crippen LogP contribution in [0.1, 0.15) is 34.8 Å². The molecule has 0 unspecified atom stereocenters. The second kappa shape index (κ2) is 12.3. The Hall–Kier alpha value is -3.28. The predicted molar refractivity (Wildman–Crippen MR) is 138 cm³/mol. The van der Waals surface area contributed by atoms with E-state index in [4.69, 9.17) is 0 Å². The Morgan fingerprint density at radius 1 is 0.941 bits per heavy atom. The molecule has 4 rings (SSSR count). The summed E-state index contributed by atoms with van der Waals surface area (Å²) in [6, 6.07) is 25.8.